The van der Waals surface area contributed by atoms with Crippen LogP contribution in [0.1, 0.15) is 50.6 Å². The molecule has 0 spiro atoms. The molecule has 3 heterocycles. The minimum atomic E-state index is -5.09. The van der Waals surface area contributed by atoms with E-state index in [1.54, 1.807) is 4.90 Å². The molecule has 38 heavy (non-hydrogen) atoms. The molecule has 1 aliphatic rings. The summed E-state index contributed by atoms with van der Waals surface area (Å²) in [4.78, 5) is 35.1. The summed E-state index contributed by atoms with van der Waals surface area (Å²) in [5.74, 6) is -1.09. The Balaban J connectivity index is 1.53. The van der Waals surface area contributed by atoms with Gasteiger partial charge in [0.1, 0.15) is 6.33 Å². The summed E-state index contributed by atoms with van der Waals surface area (Å²) in [6, 6.07) is 2.64. The van der Waals surface area contributed by atoms with Crippen LogP contribution in [-0.2, 0) is 17.1 Å². The molecule has 4 rings (SSSR count). The number of hydrogen-bond acceptors (Lipinski definition) is 6. The second-order valence-electron chi connectivity index (χ2n) is 8.33. The first kappa shape index (κ1) is 27.0. The van der Waals surface area contributed by atoms with Crippen molar-refractivity contribution in [2.75, 3.05) is 26.3 Å². The largest absolute Gasteiger partial charge is 0.416 e. The van der Waals surface area contributed by atoms with E-state index in [-0.39, 0.29) is 23.6 Å². The highest BCUT2D eigenvalue weighted by molar-refractivity contribution is 5.95. The summed E-state index contributed by atoms with van der Waals surface area (Å²) in [5, 5.41) is 6.37. The van der Waals surface area contributed by atoms with Gasteiger partial charge in [0.05, 0.1) is 35.9 Å². The molecule has 15 heteroatoms. The van der Waals surface area contributed by atoms with Gasteiger partial charge in [-0.05, 0) is 37.3 Å². The smallest absolute Gasteiger partial charge is 0.378 e. The number of amides is 2. The summed E-state index contributed by atoms with van der Waals surface area (Å²) in [5.41, 5.74) is -3.72. The van der Waals surface area contributed by atoms with Crippen molar-refractivity contribution in [3.8, 4) is 5.82 Å². The molecule has 3 aromatic rings. The van der Waals surface area contributed by atoms with E-state index < -0.39 is 41.0 Å². The third-order valence-electron chi connectivity index (χ3n) is 5.67. The molecular formula is C23H20F6N6O3. The number of ether oxygens (including phenoxy) is 1. The summed E-state index contributed by atoms with van der Waals surface area (Å²) >= 11 is 0. The van der Waals surface area contributed by atoms with Gasteiger partial charge in [-0.2, -0.15) is 36.1 Å². The van der Waals surface area contributed by atoms with Gasteiger partial charge in [0.15, 0.2) is 11.6 Å². The first-order chi connectivity index (χ1) is 17.8. The highest BCUT2D eigenvalue weighted by atomic mass is 19.4. The van der Waals surface area contributed by atoms with Crippen LogP contribution >= 0.6 is 0 Å². The number of rotatable bonds is 5. The van der Waals surface area contributed by atoms with Crippen molar-refractivity contribution in [3.05, 3.63) is 70.9 Å². The third-order valence-corrected chi connectivity index (χ3v) is 5.67. The van der Waals surface area contributed by atoms with Gasteiger partial charge in [0.25, 0.3) is 11.8 Å². The van der Waals surface area contributed by atoms with Crippen LogP contribution in [0.15, 0.2) is 42.9 Å². The summed E-state index contributed by atoms with van der Waals surface area (Å²) in [6.45, 7) is 3.18. The Bertz CT molecular complexity index is 1280. The van der Waals surface area contributed by atoms with Crippen LogP contribution in [-0.4, -0.2) is 62.8 Å². The van der Waals surface area contributed by atoms with Crippen LogP contribution in [0.25, 0.3) is 5.82 Å². The molecule has 9 nitrogen and oxygen atoms in total. The molecule has 1 saturated heterocycles. The Labute approximate surface area is 211 Å². The fourth-order valence-corrected chi connectivity index (χ4v) is 3.74. The van der Waals surface area contributed by atoms with E-state index in [0.717, 1.165) is 6.33 Å². The number of carbonyl (C=O) groups is 2. The molecule has 1 atom stereocenters. The van der Waals surface area contributed by atoms with Gasteiger partial charge in [0.2, 0.25) is 0 Å². The molecule has 1 N–H and O–H groups in total. The van der Waals surface area contributed by atoms with Gasteiger partial charge in [-0.1, -0.05) is 0 Å². The zero-order valence-electron chi connectivity index (χ0n) is 19.7. The monoisotopic (exact) mass is 542 g/mol. The predicted molar refractivity (Wildman–Crippen MR) is 118 cm³/mol. The standard InChI is InChI=1S/C23H20F6N6O3/c1-13(33-20(36)15-8-16(22(24,25)26)10-17(9-15)23(27,28)29)19-31-12-32-35(19)18-3-2-14(11-30-18)21(37)34-4-6-38-7-5-34/h2-3,8-13H,4-7H2,1H3,(H,33,36)/t13-/m0/s1. The zero-order valence-corrected chi connectivity index (χ0v) is 19.7. The predicted octanol–water partition coefficient (Wildman–Crippen LogP) is 3.66. The number of morpholine rings is 1. The van der Waals surface area contributed by atoms with Gasteiger partial charge < -0.3 is 15.0 Å². The van der Waals surface area contributed by atoms with Gasteiger partial charge in [-0.15, -0.1) is 0 Å². The number of nitrogens with one attached hydrogen (secondary N) is 1. The normalized spacial score (nSPS) is 15.3. The maximum atomic E-state index is 13.2. The first-order valence-corrected chi connectivity index (χ1v) is 11.2. The van der Waals surface area contributed by atoms with Gasteiger partial charge in [-0.25, -0.2) is 9.97 Å². The number of benzene rings is 1. The van der Waals surface area contributed by atoms with E-state index in [2.05, 4.69) is 20.4 Å². The minimum absolute atomic E-state index is 0.0596. The molecule has 0 saturated carbocycles. The summed E-state index contributed by atoms with van der Waals surface area (Å²) < 4.78 is 85.4. The maximum Gasteiger partial charge on any atom is 0.416 e. The molecule has 2 amide bonds. The van der Waals surface area contributed by atoms with Gasteiger partial charge in [0, 0.05) is 24.8 Å². The highest BCUT2D eigenvalue weighted by Gasteiger charge is 2.37. The lowest BCUT2D eigenvalue weighted by Crippen LogP contribution is -2.40. The number of carbonyl (C=O) groups excluding carboxylic acids is 2. The molecule has 0 radical (unpaired) electrons. The minimum Gasteiger partial charge on any atom is -0.378 e. The van der Waals surface area contributed by atoms with Crippen LogP contribution in [0.4, 0.5) is 26.3 Å². The van der Waals surface area contributed by atoms with Crippen molar-refractivity contribution in [1.82, 2.24) is 30.0 Å². The van der Waals surface area contributed by atoms with Crippen LogP contribution in [0.5, 0.6) is 0 Å². The van der Waals surface area contributed by atoms with Gasteiger partial charge in [-0.3, -0.25) is 9.59 Å². The second kappa shape index (κ2) is 10.4. The average molecular weight is 542 g/mol. The number of nitrogens with zero attached hydrogens (tertiary/aromatic N) is 5. The third kappa shape index (κ3) is 5.93. The fourth-order valence-electron chi connectivity index (χ4n) is 3.74. The molecule has 1 aliphatic heterocycles. The number of pyridine rings is 1. The Hall–Kier alpha value is -4.01. The van der Waals surface area contributed by atoms with Gasteiger partial charge >= 0.3 is 12.4 Å². The van der Waals surface area contributed by atoms with Crippen LogP contribution in [0.2, 0.25) is 0 Å². The van der Waals surface area contributed by atoms with Crippen molar-refractivity contribution in [1.29, 1.82) is 0 Å². The molecule has 202 valence electrons. The van der Waals surface area contributed by atoms with Crippen molar-refractivity contribution in [3.63, 3.8) is 0 Å². The summed E-state index contributed by atoms with van der Waals surface area (Å²) in [6.07, 6.45) is -7.71. The molecule has 0 unspecified atom stereocenters. The Morgan fingerprint density at radius 1 is 0.947 bits per heavy atom. The van der Waals surface area contributed by atoms with E-state index in [0.29, 0.717) is 44.0 Å². The summed E-state index contributed by atoms with van der Waals surface area (Å²) in [7, 11) is 0. The number of aromatic nitrogens is 4. The van der Waals surface area contributed by atoms with Crippen molar-refractivity contribution in [2.24, 2.45) is 0 Å². The zero-order chi connectivity index (χ0) is 27.7. The van der Waals surface area contributed by atoms with E-state index in [1.165, 1.54) is 29.9 Å². The number of hydrogen-bond donors (Lipinski definition) is 1. The highest BCUT2D eigenvalue weighted by Crippen LogP contribution is 2.36. The lowest BCUT2D eigenvalue weighted by molar-refractivity contribution is -0.143. The van der Waals surface area contributed by atoms with Crippen LogP contribution in [0, 0.1) is 0 Å². The number of halogens is 6. The molecule has 1 aromatic carbocycles. The van der Waals surface area contributed by atoms with Crippen LogP contribution < -0.4 is 5.32 Å². The quantitative estimate of drug-likeness (QED) is 0.494. The van der Waals surface area contributed by atoms with E-state index >= 15 is 0 Å². The lowest BCUT2D eigenvalue weighted by atomic mass is 10.0. The molecular weight excluding hydrogens is 522 g/mol. The van der Waals surface area contributed by atoms with E-state index in [4.69, 9.17) is 4.74 Å². The van der Waals surface area contributed by atoms with Crippen LogP contribution in [0.3, 0.4) is 0 Å². The lowest BCUT2D eigenvalue weighted by Gasteiger charge is -2.26. The maximum absolute atomic E-state index is 13.2. The second-order valence-corrected chi connectivity index (χ2v) is 8.33. The van der Waals surface area contributed by atoms with Crippen molar-refractivity contribution < 1.29 is 40.7 Å². The Morgan fingerprint density at radius 3 is 2.13 bits per heavy atom. The van der Waals surface area contributed by atoms with E-state index in [1.807, 2.05) is 0 Å². The Morgan fingerprint density at radius 2 is 1.58 bits per heavy atom. The number of alkyl halides is 6. The fraction of sp³-hybridized carbons (Fsp3) is 0.348. The molecule has 2 aromatic heterocycles. The van der Waals surface area contributed by atoms with Crippen molar-refractivity contribution >= 4 is 11.8 Å². The SMILES string of the molecule is C[C@H](NC(=O)c1cc(C(F)(F)F)cc(C(F)(F)F)c1)c1ncnn1-c1ccc(C(=O)N2CCOCC2)cn1. The molecule has 0 aliphatic carbocycles. The molecule has 0 bridgehead atoms. The van der Waals surface area contributed by atoms with E-state index in [9.17, 15) is 35.9 Å². The topological polar surface area (TPSA) is 102 Å². The Kier molecular flexibility index (Phi) is 7.40. The first-order valence-electron chi connectivity index (χ1n) is 11.2. The average Bonchev–Trinajstić information content (AvgIpc) is 3.38. The van der Waals surface area contributed by atoms with Crippen molar-refractivity contribution in [2.45, 2.75) is 25.3 Å². The molecule has 1 fully saturated rings.